The molecule has 2 aromatic rings. The molecule has 33 heavy (non-hydrogen) atoms. The molecule has 0 N–H and O–H groups in total. The van der Waals surface area contributed by atoms with Gasteiger partial charge in [0.05, 0.1) is 29.0 Å². The van der Waals surface area contributed by atoms with Gasteiger partial charge >= 0.3 is 5.97 Å². The summed E-state index contributed by atoms with van der Waals surface area (Å²) in [6.45, 7) is 0.631. The van der Waals surface area contributed by atoms with E-state index in [0.717, 1.165) is 29.5 Å². The van der Waals surface area contributed by atoms with Gasteiger partial charge in [0.25, 0.3) is 0 Å². The van der Waals surface area contributed by atoms with E-state index in [-0.39, 0.29) is 17.9 Å². The van der Waals surface area contributed by atoms with Gasteiger partial charge in [0.2, 0.25) is 11.8 Å². The number of nitrogens with zero attached hydrogens (tertiary/aromatic N) is 2. The Labute approximate surface area is 202 Å². The number of carbonyl (C=O) groups is 3. The Bertz CT molecular complexity index is 1150. The van der Waals surface area contributed by atoms with Crippen molar-refractivity contribution in [3.63, 3.8) is 0 Å². The van der Waals surface area contributed by atoms with Gasteiger partial charge in [-0.15, -0.1) is 0 Å². The number of imide groups is 1. The fourth-order valence-corrected chi connectivity index (χ4v) is 6.35. The number of amides is 2. The lowest BCUT2D eigenvalue weighted by Gasteiger charge is -2.44. The highest BCUT2D eigenvalue weighted by atomic mass is 35.5. The molecule has 0 aromatic heterocycles. The molecule has 3 unspecified atom stereocenters. The molecule has 3 heterocycles. The Morgan fingerprint density at radius 1 is 1.00 bits per heavy atom. The maximum atomic E-state index is 13.2. The van der Waals surface area contributed by atoms with Crippen LogP contribution in [0.1, 0.15) is 30.9 Å². The van der Waals surface area contributed by atoms with E-state index in [4.69, 9.17) is 27.9 Å². The van der Waals surface area contributed by atoms with Crippen molar-refractivity contribution < 1.29 is 19.1 Å². The molecule has 3 saturated heterocycles. The Kier molecular flexibility index (Phi) is 5.51. The van der Waals surface area contributed by atoms with Crippen molar-refractivity contribution in [2.45, 2.75) is 30.8 Å². The SMILES string of the molecule is COC(=O)[C@@]12CCCCN1C(c1ccc(-c3ccc(Cl)c(Cl)c3)cc1)C1C(=O)N(C)C(=O)C12. The molecular weight excluding hydrogens is 463 g/mol. The van der Waals surface area contributed by atoms with Crippen molar-refractivity contribution in [3.05, 3.63) is 58.1 Å². The van der Waals surface area contributed by atoms with Crippen LogP contribution in [0.25, 0.3) is 11.1 Å². The first-order valence-electron chi connectivity index (χ1n) is 11.0. The van der Waals surface area contributed by atoms with E-state index in [9.17, 15) is 14.4 Å². The van der Waals surface area contributed by atoms with Crippen LogP contribution in [0.4, 0.5) is 0 Å². The van der Waals surface area contributed by atoms with Crippen LogP contribution in [-0.2, 0) is 19.1 Å². The number of halogens is 2. The van der Waals surface area contributed by atoms with E-state index in [1.165, 1.54) is 19.1 Å². The summed E-state index contributed by atoms with van der Waals surface area (Å²) in [5, 5.41) is 0.970. The molecule has 0 spiro atoms. The molecule has 2 aromatic carbocycles. The summed E-state index contributed by atoms with van der Waals surface area (Å²) in [6, 6.07) is 13.0. The summed E-state index contributed by atoms with van der Waals surface area (Å²) < 4.78 is 5.22. The lowest BCUT2D eigenvalue weighted by atomic mass is 9.75. The Morgan fingerprint density at radius 2 is 1.70 bits per heavy atom. The zero-order valence-corrected chi connectivity index (χ0v) is 19.9. The molecule has 0 radical (unpaired) electrons. The van der Waals surface area contributed by atoms with E-state index in [1.54, 1.807) is 6.07 Å². The number of esters is 1. The van der Waals surface area contributed by atoms with Crippen molar-refractivity contribution in [1.82, 2.24) is 9.80 Å². The fourth-order valence-electron chi connectivity index (χ4n) is 6.05. The monoisotopic (exact) mass is 486 g/mol. The maximum Gasteiger partial charge on any atom is 0.327 e. The Hall–Kier alpha value is -2.41. The number of carbonyl (C=O) groups excluding carboxylic acids is 3. The number of fused-ring (bicyclic) bond motifs is 3. The van der Waals surface area contributed by atoms with Crippen LogP contribution >= 0.6 is 23.2 Å². The minimum absolute atomic E-state index is 0.235. The molecule has 3 fully saturated rings. The van der Waals surface area contributed by atoms with Crippen molar-refractivity contribution >= 4 is 41.0 Å². The third-order valence-electron chi connectivity index (χ3n) is 7.53. The summed E-state index contributed by atoms with van der Waals surface area (Å²) in [6.07, 6.45) is 2.21. The highest BCUT2D eigenvalue weighted by molar-refractivity contribution is 6.42. The number of benzene rings is 2. The second kappa shape index (κ2) is 8.12. The molecule has 0 aliphatic carbocycles. The second-order valence-corrected chi connectivity index (χ2v) is 9.82. The van der Waals surface area contributed by atoms with Crippen molar-refractivity contribution in [3.8, 4) is 11.1 Å². The standard InChI is InChI=1S/C25H24Cl2N2O4/c1-28-22(30)19-20(23(28)31)25(24(32)33-2)11-3-4-12-29(25)21(19)15-7-5-14(6-8-15)16-9-10-17(26)18(27)13-16/h5-10,13,19-21H,3-4,11-12H2,1-2H3/t19?,20?,21?,25-/m0/s1. The van der Waals surface area contributed by atoms with E-state index in [1.807, 2.05) is 36.4 Å². The normalized spacial score (nSPS) is 29.2. The first-order chi connectivity index (χ1) is 15.8. The first kappa shape index (κ1) is 22.4. The zero-order chi connectivity index (χ0) is 23.5. The topological polar surface area (TPSA) is 66.9 Å². The summed E-state index contributed by atoms with van der Waals surface area (Å²) in [4.78, 5) is 42.9. The summed E-state index contributed by atoms with van der Waals surface area (Å²) in [5.74, 6) is -2.31. The van der Waals surface area contributed by atoms with Gasteiger partial charge < -0.3 is 4.74 Å². The van der Waals surface area contributed by atoms with Crippen LogP contribution < -0.4 is 0 Å². The largest absolute Gasteiger partial charge is 0.468 e. The highest BCUT2D eigenvalue weighted by Gasteiger charge is 2.72. The third kappa shape index (κ3) is 3.15. The molecular formula is C25H24Cl2N2O4. The number of piperidine rings is 1. The Balaban J connectivity index is 1.59. The predicted octanol–water partition coefficient (Wildman–Crippen LogP) is 4.34. The minimum atomic E-state index is -1.11. The van der Waals surface area contributed by atoms with Gasteiger partial charge in [0, 0.05) is 13.1 Å². The molecule has 172 valence electrons. The van der Waals surface area contributed by atoms with Crippen LogP contribution in [0.3, 0.4) is 0 Å². The average molecular weight is 487 g/mol. The second-order valence-electron chi connectivity index (χ2n) is 9.00. The average Bonchev–Trinajstić information content (AvgIpc) is 3.26. The van der Waals surface area contributed by atoms with Crippen LogP contribution in [0, 0.1) is 11.8 Å². The molecule has 4 atom stereocenters. The minimum Gasteiger partial charge on any atom is -0.468 e. The lowest BCUT2D eigenvalue weighted by Crippen LogP contribution is -2.59. The van der Waals surface area contributed by atoms with Gasteiger partial charge in [0.15, 0.2) is 0 Å². The quantitative estimate of drug-likeness (QED) is 0.476. The molecule has 0 saturated carbocycles. The molecule has 5 rings (SSSR count). The van der Waals surface area contributed by atoms with Crippen LogP contribution in [0.5, 0.6) is 0 Å². The van der Waals surface area contributed by atoms with Crippen LogP contribution in [-0.4, -0.2) is 53.8 Å². The molecule has 3 aliphatic heterocycles. The summed E-state index contributed by atoms with van der Waals surface area (Å²) in [7, 11) is 2.86. The van der Waals surface area contributed by atoms with Crippen molar-refractivity contribution in [2.24, 2.45) is 11.8 Å². The molecule has 6 nitrogen and oxygen atoms in total. The molecule has 2 amide bonds. The van der Waals surface area contributed by atoms with E-state index in [0.29, 0.717) is 23.0 Å². The van der Waals surface area contributed by atoms with Gasteiger partial charge in [-0.1, -0.05) is 53.5 Å². The maximum absolute atomic E-state index is 13.2. The van der Waals surface area contributed by atoms with Crippen molar-refractivity contribution in [2.75, 3.05) is 20.7 Å². The number of likely N-dealkylation sites (tertiary alicyclic amines) is 1. The van der Waals surface area contributed by atoms with Crippen molar-refractivity contribution in [1.29, 1.82) is 0 Å². The van der Waals surface area contributed by atoms with Gasteiger partial charge in [-0.25, -0.2) is 0 Å². The van der Waals surface area contributed by atoms with E-state index in [2.05, 4.69) is 4.90 Å². The number of ether oxygens (including phenoxy) is 1. The summed E-state index contributed by atoms with van der Waals surface area (Å²) >= 11 is 12.2. The van der Waals surface area contributed by atoms with Crippen LogP contribution in [0.2, 0.25) is 10.0 Å². The molecule has 8 heteroatoms. The number of methoxy groups -OCH3 is 1. The predicted molar refractivity (Wildman–Crippen MR) is 125 cm³/mol. The highest BCUT2D eigenvalue weighted by Crippen LogP contribution is 2.58. The van der Waals surface area contributed by atoms with Gasteiger partial charge in [0.1, 0.15) is 5.54 Å². The van der Waals surface area contributed by atoms with Gasteiger partial charge in [-0.2, -0.15) is 0 Å². The molecule has 3 aliphatic rings. The van der Waals surface area contributed by atoms with E-state index < -0.39 is 23.3 Å². The first-order valence-corrected chi connectivity index (χ1v) is 11.8. The van der Waals surface area contributed by atoms with Crippen LogP contribution in [0.15, 0.2) is 42.5 Å². The van der Waals surface area contributed by atoms with Gasteiger partial charge in [-0.05, 0) is 54.6 Å². The fraction of sp³-hybridized carbons (Fsp3) is 0.400. The number of hydrogen-bond donors (Lipinski definition) is 0. The van der Waals surface area contributed by atoms with E-state index >= 15 is 0 Å². The number of hydrogen-bond acceptors (Lipinski definition) is 5. The molecule has 0 bridgehead atoms. The number of rotatable bonds is 3. The summed E-state index contributed by atoms with van der Waals surface area (Å²) in [5.41, 5.74) is 1.67. The Morgan fingerprint density at radius 3 is 2.36 bits per heavy atom. The smallest absolute Gasteiger partial charge is 0.327 e. The van der Waals surface area contributed by atoms with Gasteiger partial charge in [-0.3, -0.25) is 24.2 Å². The zero-order valence-electron chi connectivity index (χ0n) is 18.4. The lowest BCUT2D eigenvalue weighted by molar-refractivity contribution is -0.163. The third-order valence-corrected chi connectivity index (χ3v) is 8.26.